The highest BCUT2D eigenvalue weighted by atomic mass is 32.1. The van der Waals surface area contributed by atoms with Crippen molar-refractivity contribution in [3.05, 3.63) is 0 Å². The third-order valence-corrected chi connectivity index (χ3v) is 4.16. The molecule has 0 fully saturated rings. The van der Waals surface area contributed by atoms with E-state index in [1.807, 2.05) is 0 Å². The molecule has 0 heterocycles. The molecule has 5 nitrogen and oxygen atoms in total. The number of hydrogen-bond acceptors (Lipinski definition) is 4. The van der Waals surface area contributed by atoms with Crippen LogP contribution in [0.15, 0.2) is 0 Å². The summed E-state index contributed by atoms with van der Waals surface area (Å²) < 4.78 is 30.3. The van der Waals surface area contributed by atoms with E-state index in [1.165, 1.54) is 6.92 Å². The van der Waals surface area contributed by atoms with Gasteiger partial charge in [0.05, 0.1) is 6.61 Å². The molecule has 0 aliphatic rings. The molecule has 0 aromatic carbocycles. The van der Waals surface area contributed by atoms with Gasteiger partial charge in [-0.2, -0.15) is 0 Å². The van der Waals surface area contributed by atoms with Gasteiger partial charge in [0, 0.05) is 0 Å². The maximum Gasteiger partial charge on any atom is 0.622 e. The smallest absolute Gasteiger partial charge is 0.284 e. The Morgan fingerprint density at radius 2 is 2.00 bits per heavy atom. The molecule has 0 aliphatic carbocycles. The van der Waals surface area contributed by atoms with Crippen LogP contribution in [0.5, 0.6) is 0 Å². The van der Waals surface area contributed by atoms with Gasteiger partial charge in [-0.15, -0.1) is 4.52 Å². The molecule has 0 bridgehead atoms. The van der Waals surface area contributed by atoms with Crippen LogP contribution < -0.4 is 0 Å². The van der Waals surface area contributed by atoms with Crippen molar-refractivity contribution in [1.82, 2.24) is 0 Å². The molecule has 0 saturated carbocycles. The summed E-state index contributed by atoms with van der Waals surface area (Å²) >= 11 is 0. The zero-order valence-electron chi connectivity index (χ0n) is 6.39. The Morgan fingerprint density at radius 1 is 1.45 bits per heavy atom. The van der Waals surface area contributed by atoms with Crippen LogP contribution in [0.25, 0.3) is 0 Å². The topological polar surface area (TPSA) is 72.8 Å². The van der Waals surface area contributed by atoms with Crippen molar-refractivity contribution < 1.29 is 23.1 Å². The first kappa shape index (κ1) is 11.2. The highest BCUT2D eigenvalue weighted by molar-refractivity contribution is 8.20. The Balaban J connectivity index is 4.07. The molecule has 0 aromatic rings. The van der Waals surface area contributed by atoms with Gasteiger partial charge in [-0.3, -0.25) is 9.42 Å². The van der Waals surface area contributed by atoms with Gasteiger partial charge in [0.1, 0.15) is 6.61 Å². The molecule has 0 radical (unpaired) electrons. The van der Waals surface area contributed by atoms with Crippen LogP contribution in [0, 0.1) is 0 Å². The minimum Gasteiger partial charge on any atom is -0.284 e. The molecule has 7 heteroatoms. The van der Waals surface area contributed by atoms with Crippen molar-refractivity contribution >= 4 is 15.0 Å². The van der Waals surface area contributed by atoms with E-state index in [9.17, 15) is 9.13 Å². The van der Waals surface area contributed by atoms with Gasteiger partial charge in [0.2, 0.25) is 0 Å². The van der Waals surface area contributed by atoms with E-state index in [0.717, 1.165) is 0 Å². The van der Waals surface area contributed by atoms with Crippen LogP contribution in [0.1, 0.15) is 13.8 Å². The van der Waals surface area contributed by atoms with Gasteiger partial charge >= 0.3 is 15.0 Å². The highest BCUT2D eigenvalue weighted by Gasteiger charge is 2.47. The van der Waals surface area contributed by atoms with Crippen LogP contribution in [0.4, 0.5) is 0 Å². The summed E-state index contributed by atoms with van der Waals surface area (Å²) in [4.78, 5) is 8.84. The van der Waals surface area contributed by atoms with E-state index in [4.69, 9.17) is 4.89 Å². The lowest BCUT2D eigenvalue weighted by Crippen LogP contribution is -1.86. The molecule has 66 valence electrons. The Bertz CT molecular complexity index is 179. The van der Waals surface area contributed by atoms with Gasteiger partial charge in [-0.1, -0.05) is 0 Å². The summed E-state index contributed by atoms with van der Waals surface area (Å²) in [5.74, 6) is 0. The molecule has 0 rings (SSSR count). The predicted octanol–water partition coefficient (Wildman–Crippen LogP) is 1.90. The fraction of sp³-hybridized carbons (Fsp3) is 1.00. The van der Waals surface area contributed by atoms with Crippen molar-refractivity contribution in [2.45, 2.75) is 13.8 Å². The van der Waals surface area contributed by atoms with E-state index in [1.54, 1.807) is 6.92 Å². The SMILES string of the molecule is CCO[P+](=O)P(=O)(O)OCC. The summed E-state index contributed by atoms with van der Waals surface area (Å²) in [5, 5.41) is 0. The molecule has 0 spiro atoms. The van der Waals surface area contributed by atoms with Crippen molar-refractivity contribution in [2.24, 2.45) is 0 Å². The monoisotopic (exact) mass is 201 g/mol. The fourth-order valence-corrected chi connectivity index (χ4v) is 2.61. The van der Waals surface area contributed by atoms with Gasteiger partial charge < -0.3 is 0 Å². The number of rotatable bonds is 5. The normalized spacial score (nSPS) is 17.5. The molecule has 0 saturated heterocycles. The van der Waals surface area contributed by atoms with E-state index in [2.05, 4.69) is 9.05 Å². The quantitative estimate of drug-likeness (QED) is 0.687. The second-order valence-electron chi connectivity index (χ2n) is 1.56. The predicted molar refractivity (Wildman–Crippen MR) is 40.7 cm³/mol. The summed E-state index contributed by atoms with van der Waals surface area (Å²) in [6, 6.07) is 0. The van der Waals surface area contributed by atoms with Crippen LogP contribution in [0.2, 0.25) is 0 Å². The molecule has 1 N–H and O–H groups in total. The first-order chi connectivity index (χ1) is 5.04. The van der Waals surface area contributed by atoms with Gasteiger partial charge in [-0.25, -0.2) is 4.57 Å². The second-order valence-corrected chi connectivity index (χ2v) is 6.03. The summed E-state index contributed by atoms with van der Waals surface area (Å²) in [5.41, 5.74) is 0. The average molecular weight is 201 g/mol. The molecular weight excluding hydrogens is 190 g/mol. The Kier molecular flexibility index (Phi) is 5.06. The lowest BCUT2D eigenvalue weighted by Gasteiger charge is -1.95. The van der Waals surface area contributed by atoms with Crippen molar-refractivity contribution in [3.63, 3.8) is 0 Å². The van der Waals surface area contributed by atoms with E-state index in [-0.39, 0.29) is 13.2 Å². The molecular formula is C4H11O5P2+. The lowest BCUT2D eigenvalue weighted by molar-refractivity contribution is 0.276. The van der Waals surface area contributed by atoms with E-state index < -0.39 is 15.0 Å². The maximum atomic E-state index is 10.8. The maximum absolute atomic E-state index is 10.8. The molecule has 11 heavy (non-hydrogen) atoms. The average Bonchev–Trinajstić information content (AvgIpc) is 1.88. The minimum atomic E-state index is -4.01. The zero-order chi connectivity index (χ0) is 8.91. The lowest BCUT2D eigenvalue weighted by atomic mass is 10.9. The minimum absolute atomic E-state index is 0.0436. The molecule has 0 aliphatic heterocycles. The third-order valence-electron chi connectivity index (χ3n) is 0.743. The standard InChI is InChI=1S/C4H10O5P2/c1-3-8-10(5)11(6,7)9-4-2/h3-4H2,1-2H3/p+1. The van der Waals surface area contributed by atoms with Crippen molar-refractivity contribution in [3.8, 4) is 0 Å². The Morgan fingerprint density at radius 3 is 2.36 bits per heavy atom. The zero-order valence-corrected chi connectivity index (χ0v) is 8.18. The van der Waals surface area contributed by atoms with E-state index >= 15 is 0 Å². The van der Waals surface area contributed by atoms with Crippen molar-refractivity contribution in [2.75, 3.05) is 13.2 Å². The molecule has 0 aromatic heterocycles. The third kappa shape index (κ3) is 3.94. The molecule has 0 amide bonds. The van der Waals surface area contributed by atoms with Crippen molar-refractivity contribution in [1.29, 1.82) is 0 Å². The van der Waals surface area contributed by atoms with Crippen LogP contribution in [-0.2, 0) is 18.2 Å². The van der Waals surface area contributed by atoms with Gasteiger partial charge in [-0.05, 0) is 18.4 Å². The highest BCUT2D eigenvalue weighted by Crippen LogP contribution is 2.66. The first-order valence-electron chi connectivity index (χ1n) is 3.12. The van der Waals surface area contributed by atoms with Crippen LogP contribution in [-0.4, -0.2) is 18.1 Å². The summed E-state index contributed by atoms with van der Waals surface area (Å²) in [6.45, 7) is 3.30. The second kappa shape index (κ2) is 4.96. The van der Waals surface area contributed by atoms with Crippen LogP contribution >= 0.6 is 15.0 Å². The number of hydrogen-bond donors (Lipinski definition) is 1. The van der Waals surface area contributed by atoms with Gasteiger partial charge in [0.15, 0.2) is 0 Å². The fourth-order valence-electron chi connectivity index (χ4n) is 0.399. The Labute approximate surface area is 66.0 Å². The summed E-state index contributed by atoms with van der Waals surface area (Å²) in [7, 11) is -6.60. The van der Waals surface area contributed by atoms with Gasteiger partial charge in [0.25, 0.3) is 0 Å². The summed E-state index contributed by atoms with van der Waals surface area (Å²) in [6.07, 6.45) is 0. The largest absolute Gasteiger partial charge is 0.622 e. The van der Waals surface area contributed by atoms with Crippen LogP contribution in [0.3, 0.4) is 0 Å². The Hall–Kier alpha value is 0.210. The van der Waals surface area contributed by atoms with E-state index in [0.29, 0.717) is 0 Å². The molecule has 2 unspecified atom stereocenters. The molecule has 2 atom stereocenters. The first-order valence-corrected chi connectivity index (χ1v) is 6.58.